The van der Waals surface area contributed by atoms with Gasteiger partial charge < -0.3 is 9.84 Å². The van der Waals surface area contributed by atoms with E-state index in [1.807, 2.05) is 11.8 Å². The van der Waals surface area contributed by atoms with Crippen LogP contribution >= 0.6 is 11.8 Å². The Morgan fingerprint density at radius 1 is 1.42 bits per heavy atom. The molecule has 0 amide bonds. The number of aryl methyl sites for hydroxylation is 1. The number of nitrogens with one attached hydrogen (secondary N) is 1. The Morgan fingerprint density at radius 3 is 3.05 bits per heavy atom. The van der Waals surface area contributed by atoms with E-state index in [1.165, 1.54) is 19.3 Å². The predicted molar refractivity (Wildman–Crippen MR) is 79.3 cm³/mol. The minimum Gasteiger partial charge on any atom is -0.339 e. The fourth-order valence-corrected chi connectivity index (χ4v) is 3.19. The van der Waals surface area contributed by atoms with Crippen molar-refractivity contribution in [2.24, 2.45) is 5.92 Å². The van der Waals surface area contributed by atoms with Crippen LogP contribution in [0.4, 0.5) is 0 Å². The zero-order chi connectivity index (χ0) is 13.5. The van der Waals surface area contributed by atoms with Crippen LogP contribution in [0.1, 0.15) is 51.2 Å². The molecule has 1 unspecified atom stereocenters. The normalized spacial score (nSPS) is 20.1. The largest absolute Gasteiger partial charge is 0.339 e. The molecule has 1 atom stereocenters. The van der Waals surface area contributed by atoms with E-state index < -0.39 is 0 Å². The van der Waals surface area contributed by atoms with Crippen molar-refractivity contribution < 1.29 is 4.52 Å². The second kappa shape index (κ2) is 7.90. The second-order valence-corrected chi connectivity index (χ2v) is 6.73. The van der Waals surface area contributed by atoms with E-state index in [9.17, 15) is 0 Å². The molecule has 5 heteroatoms. The van der Waals surface area contributed by atoms with Gasteiger partial charge in [-0.05, 0) is 37.5 Å². The van der Waals surface area contributed by atoms with E-state index >= 15 is 0 Å². The van der Waals surface area contributed by atoms with Gasteiger partial charge in [-0.25, -0.2) is 0 Å². The lowest BCUT2D eigenvalue weighted by molar-refractivity contribution is 0.341. The highest BCUT2D eigenvalue weighted by Gasteiger charge is 2.14. The third kappa shape index (κ3) is 5.53. The second-order valence-electron chi connectivity index (χ2n) is 5.70. The van der Waals surface area contributed by atoms with Gasteiger partial charge in [0.1, 0.15) is 0 Å². The highest BCUT2D eigenvalue weighted by atomic mass is 32.2. The number of aromatic nitrogens is 2. The number of piperidine rings is 1. The van der Waals surface area contributed by atoms with Crippen LogP contribution in [0.2, 0.25) is 0 Å². The molecule has 0 aliphatic carbocycles. The first-order valence-corrected chi connectivity index (χ1v) is 8.52. The lowest BCUT2D eigenvalue weighted by Crippen LogP contribution is -2.34. The van der Waals surface area contributed by atoms with E-state index in [0.29, 0.717) is 12.0 Å². The summed E-state index contributed by atoms with van der Waals surface area (Å²) in [5, 5.41) is 7.60. The zero-order valence-corrected chi connectivity index (χ0v) is 12.8. The molecule has 0 radical (unpaired) electrons. The van der Waals surface area contributed by atoms with Crippen LogP contribution in [-0.4, -0.2) is 28.5 Å². The molecule has 0 spiro atoms. The van der Waals surface area contributed by atoms with Gasteiger partial charge in [-0.1, -0.05) is 25.4 Å². The lowest BCUT2D eigenvalue weighted by Gasteiger charge is -2.22. The first kappa shape index (κ1) is 14.9. The summed E-state index contributed by atoms with van der Waals surface area (Å²) in [5.74, 6) is 4.37. The highest BCUT2D eigenvalue weighted by Crippen LogP contribution is 2.15. The number of nitrogens with zero attached hydrogens (tertiary/aromatic N) is 2. The summed E-state index contributed by atoms with van der Waals surface area (Å²) >= 11 is 1.88. The van der Waals surface area contributed by atoms with E-state index in [-0.39, 0.29) is 0 Å². The quantitative estimate of drug-likeness (QED) is 0.833. The summed E-state index contributed by atoms with van der Waals surface area (Å²) in [5.41, 5.74) is 0. The molecule has 4 nitrogen and oxygen atoms in total. The molecule has 108 valence electrons. The van der Waals surface area contributed by atoms with E-state index in [0.717, 1.165) is 42.6 Å². The molecule has 0 bridgehead atoms. The molecule has 0 aromatic carbocycles. The molecule has 1 N–H and O–H groups in total. The summed E-state index contributed by atoms with van der Waals surface area (Å²) in [6, 6.07) is 0.638. The van der Waals surface area contributed by atoms with E-state index in [4.69, 9.17) is 4.52 Å². The number of thioether (sulfide) groups is 1. The van der Waals surface area contributed by atoms with Gasteiger partial charge in [0.05, 0.1) is 5.75 Å². The molecule has 1 fully saturated rings. The molecule has 1 aromatic rings. The van der Waals surface area contributed by atoms with Crippen LogP contribution in [0.25, 0.3) is 0 Å². The van der Waals surface area contributed by atoms with Crippen LogP contribution in [0.5, 0.6) is 0 Å². The molecule has 2 heterocycles. The summed E-state index contributed by atoms with van der Waals surface area (Å²) in [7, 11) is 0. The maximum atomic E-state index is 5.31. The van der Waals surface area contributed by atoms with Crippen molar-refractivity contribution in [3.63, 3.8) is 0 Å². The molecule has 19 heavy (non-hydrogen) atoms. The van der Waals surface area contributed by atoms with Crippen molar-refractivity contribution in [2.75, 3.05) is 12.3 Å². The van der Waals surface area contributed by atoms with Crippen molar-refractivity contribution in [1.29, 1.82) is 0 Å². The molecule has 1 aromatic heterocycles. The first-order valence-electron chi connectivity index (χ1n) is 7.36. The Hall–Kier alpha value is -0.550. The molecule has 0 saturated carbocycles. The Kier molecular flexibility index (Phi) is 6.17. The lowest BCUT2D eigenvalue weighted by atomic mass is 10.0. The third-order valence-corrected chi connectivity index (χ3v) is 4.68. The maximum Gasteiger partial charge on any atom is 0.226 e. The Bertz CT molecular complexity index is 361. The van der Waals surface area contributed by atoms with Crippen molar-refractivity contribution in [3.05, 3.63) is 11.7 Å². The molecule has 1 aliphatic rings. The zero-order valence-electron chi connectivity index (χ0n) is 12.0. The topological polar surface area (TPSA) is 51.0 Å². The summed E-state index contributed by atoms with van der Waals surface area (Å²) in [6.07, 6.45) is 5.96. The average molecular weight is 283 g/mol. The van der Waals surface area contributed by atoms with E-state index in [2.05, 4.69) is 29.3 Å². The maximum absolute atomic E-state index is 5.31. The van der Waals surface area contributed by atoms with Crippen LogP contribution in [0, 0.1) is 5.92 Å². The van der Waals surface area contributed by atoms with Crippen LogP contribution < -0.4 is 5.32 Å². The van der Waals surface area contributed by atoms with E-state index in [1.54, 1.807) is 0 Å². The first-order chi connectivity index (χ1) is 9.24. The van der Waals surface area contributed by atoms with Gasteiger partial charge in [-0.15, -0.1) is 0 Å². The Labute approximate surface area is 120 Å². The highest BCUT2D eigenvalue weighted by molar-refractivity contribution is 7.98. The summed E-state index contributed by atoms with van der Waals surface area (Å²) < 4.78 is 5.31. The SMILES string of the molecule is CC(C)CSCc1noc(CCC2CCCCN2)n1. The number of hydrogen-bond donors (Lipinski definition) is 1. The van der Waals surface area contributed by atoms with Crippen LogP contribution in [0.15, 0.2) is 4.52 Å². The standard InChI is InChI=1S/C14H25N3OS/c1-11(2)9-19-10-13-16-14(18-17-13)7-6-12-5-3-4-8-15-12/h11-12,15H,3-10H2,1-2H3. The van der Waals surface area contributed by atoms with Gasteiger partial charge in [-0.3, -0.25) is 0 Å². The van der Waals surface area contributed by atoms with Gasteiger partial charge >= 0.3 is 0 Å². The molecular formula is C14H25N3OS. The fourth-order valence-electron chi connectivity index (χ4n) is 2.30. The third-order valence-electron chi connectivity index (χ3n) is 3.31. The van der Waals surface area contributed by atoms with Gasteiger partial charge in [0.2, 0.25) is 5.89 Å². The van der Waals surface area contributed by atoms with Crippen molar-refractivity contribution in [3.8, 4) is 0 Å². The van der Waals surface area contributed by atoms with Crippen molar-refractivity contribution >= 4 is 11.8 Å². The molecule has 2 rings (SSSR count). The predicted octanol–water partition coefficient (Wildman–Crippen LogP) is 3.03. The van der Waals surface area contributed by atoms with Crippen LogP contribution in [0.3, 0.4) is 0 Å². The minimum atomic E-state index is 0.638. The van der Waals surface area contributed by atoms with Crippen molar-refractivity contribution in [2.45, 2.75) is 57.7 Å². The van der Waals surface area contributed by atoms with Gasteiger partial charge in [0, 0.05) is 12.5 Å². The Balaban J connectivity index is 1.68. The monoisotopic (exact) mass is 283 g/mol. The number of rotatable bonds is 7. The molecular weight excluding hydrogens is 258 g/mol. The van der Waals surface area contributed by atoms with Crippen molar-refractivity contribution in [1.82, 2.24) is 15.5 Å². The minimum absolute atomic E-state index is 0.638. The van der Waals surface area contributed by atoms with Gasteiger partial charge in [0.15, 0.2) is 5.82 Å². The summed E-state index contributed by atoms with van der Waals surface area (Å²) in [6.45, 7) is 5.61. The van der Waals surface area contributed by atoms with Gasteiger partial charge in [0.25, 0.3) is 0 Å². The number of hydrogen-bond acceptors (Lipinski definition) is 5. The average Bonchev–Trinajstić information content (AvgIpc) is 2.85. The van der Waals surface area contributed by atoms with Gasteiger partial charge in [-0.2, -0.15) is 16.7 Å². The molecule has 1 saturated heterocycles. The fraction of sp³-hybridized carbons (Fsp3) is 0.857. The smallest absolute Gasteiger partial charge is 0.226 e. The van der Waals surface area contributed by atoms with Crippen LogP contribution in [-0.2, 0) is 12.2 Å². The Morgan fingerprint density at radius 2 is 2.32 bits per heavy atom. The summed E-state index contributed by atoms with van der Waals surface area (Å²) in [4.78, 5) is 4.47. The molecule has 1 aliphatic heterocycles.